The molecule has 0 bridgehead atoms. The van der Waals surface area contributed by atoms with Crippen LogP contribution in [0.3, 0.4) is 0 Å². The normalized spacial score (nSPS) is 22.8. The zero-order valence-electron chi connectivity index (χ0n) is 9.89. The molecule has 0 aromatic carbocycles. The molecule has 0 spiro atoms. The SMILES string of the molecule is CCOC(C)C(O)C1CCc2cccnc21. The van der Waals surface area contributed by atoms with Crippen molar-refractivity contribution in [1.82, 2.24) is 4.98 Å². The molecular weight excluding hydrogens is 202 g/mol. The third-order valence-corrected chi connectivity index (χ3v) is 3.32. The molecule has 16 heavy (non-hydrogen) atoms. The summed E-state index contributed by atoms with van der Waals surface area (Å²) in [7, 11) is 0. The van der Waals surface area contributed by atoms with Gasteiger partial charge in [0.2, 0.25) is 0 Å². The monoisotopic (exact) mass is 221 g/mol. The van der Waals surface area contributed by atoms with Gasteiger partial charge in [-0.05, 0) is 38.3 Å². The Morgan fingerprint density at radius 3 is 3.19 bits per heavy atom. The van der Waals surface area contributed by atoms with Crippen LogP contribution in [0.1, 0.15) is 37.4 Å². The van der Waals surface area contributed by atoms with Crippen LogP contribution in [-0.4, -0.2) is 28.9 Å². The van der Waals surface area contributed by atoms with Gasteiger partial charge < -0.3 is 9.84 Å². The first-order valence-electron chi connectivity index (χ1n) is 5.97. The molecule has 0 saturated heterocycles. The Morgan fingerprint density at radius 2 is 2.44 bits per heavy atom. The molecule has 0 amide bonds. The van der Waals surface area contributed by atoms with Crippen molar-refractivity contribution in [2.75, 3.05) is 6.61 Å². The van der Waals surface area contributed by atoms with Gasteiger partial charge in [0, 0.05) is 24.4 Å². The zero-order valence-corrected chi connectivity index (χ0v) is 9.89. The average Bonchev–Trinajstić information content (AvgIpc) is 2.72. The highest BCUT2D eigenvalue weighted by atomic mass is 16.5. The molecule has 1 aliphatic rings. The standard InChI is InChI=1S/C13H19NO2/c1-3-16-9(2)13(15)11-7-6-10-5-4-8-14-12(10)11/h4-5,8-9,11,13,15H,3,6-7H2,1-2H3. The fraction of sp³-hybridized carbons (Fsp3) is 0.615. The van der Waals surface area contributed by atoms with Gasteiger partial charge in [-0.1, -0.05) is 6.07 Å². The van der Waals surface area contributed by atoms with Gasteiger partial charge in [0.1, 0.15) is 0 Å². The molecule has 0 saturated carbocycles. The number of aliphatic hydroxyl groups excluding tert-OH is 1. The van der Waals surface area contributed by atoms with Gasteiger partial charge in [0.15, 0.2) is 0 Å². The Kier molecular flexibility index (Phi) is 3.56. The fourth-order valence-corrected chi connectivity index (χ4v) is 2.46. The van der Waals surface area contributed by atoms with E-state index in [-0.39, 0.29) is 12.0 Å². The Hall–Kier alpha value is -0.930. The van der Waals surface area contributed by atoms with Gasteiger partial charge in [-0.2, -0.15) is 0 Å². The summed E-state index contributed by atoms with van der Waals surface area (Å²) in [6, 6.07) is 4.06. The number of pyridine rings is 1. The first-order chi connectivity index (χ1) is 7.74. The van der Waals surface area contributed by atoms with Gasteiger partial charge >= 0.3 is 0 Å². The number of aryl methyl sites for hydroxylation is 1. The van der Waals surface area contributed by atoms with E-state index in [0.29, 0.717) is 6.61 Å². The third kappa shape index (κ3) is 2.11. The highest BCUT2D eigenvalue weighted by molar-refractivity contribution is 5.29. The smallest absolute Gasteiger partial charge is 0.0882 e. The minimum Gasteiger partial charge on any atom is -0.390 e. The van der Waals surface area contributed by atoms with Crippen LogP contribution >= 0.6 is 0 Å². The van der Waals surface area contributed by atoms with Crippen molar-refractivity contribution in [1.29, 1.82) is 0 Å². The van der Waals surface area contributed by atoms with Crippen molar-refractivity contribution in [2.24, 2.45) is 0 Å². The van der Waals surface area contributed by atoms with Crippen LogP contribution < -0.4 is 0 Å². The van der Waals surface area contributed by atoms with Crippen molar-refractivity contribution in [3.05, 3.63) is 29.6 Å². The molecule has 3 heteroatoms. The summed E-state index contributed by atoms with van der Waals surface area (Å²) in [4.78, 5) is 4.39. The molecule has 1 aliphatic carbocycles. The van der Waals surface area contributed by atoms with Crippen molar-refractivity contribution in [2.45, 2.75) is 44.8 Å². The number of fused-ring (bicyclic) bond motifs is 1. The summed E-state index contributed by atoms with van der Waals surface area (Å²) < 4.78 is 5.45. The van der Waals surface area contributed by atoms with Gasteiger partial charge in [-0.25, -0.2) is 0 Å². The van der Waals surface area contributed by atoms with Gasteiger partial charge in [-0.15, -0.1) is 0 Å². The topological polar surface area (TPSA) is 42.4 Å². The van der Waals surface area contributed by atoms with Gasteiger partial charge in [0.25, 0.3) is 0 Å². The zero-order chi connectivity index (χ0) is 11.5. The van der Waals surface area contributed by atoms with Crippen molar-refractivity contribution in [3.8, 4) is 0 Å². The predicted octanol–water partition coefficient (Wildman–Crippen LogP) is 1.90. The number of rotatable bonds is 4. The molecule has 0 aliphatic heterocycles. The molecule has 88 valence electrons. The second-order valence-corrected chi connectivity index (χ2v) is 4.34. The molecule has 1 aromatic heterocycles. The largest absolute Gasteiger partial charge is 0.390 e. The lowest BCUT2D eigenvalue weighted by molar-refractivity contribution is -0.0338. The highest BCUT2D eigenvalue weighted by Crippen LogP contribution is 2.35. The van der Waals surface area contributed by atoms with E-state index >= 15 is 0 Å². The number of hydrogen-bond acceptors (Lipinski definition) is 3. The first-order valence-corrected chi connectivity index (χ1v) is 5.97. The Balaban J connectivity index is 2.12. The summed E-state index contributed by atoms with van der Waals surface area (Å²) in [5.41, 5.74) is 2.33. The first kappa shape index (κ1) is 11.6. The summed E-state index contributed by atoms with van der Waals surface area (Å²) in [5, 5.41) is 10.2. The minimum absolute atomic E-state index is 0.122. The van der Waals surface area contributed by atoms with E-state index in [1.807, 2.05) is 19.9 Å². The van der Waals surface area contributed by atoms with Crippen molar-refractivity contribution < 1.29 is 9.84 Å². The fourth-order valence-electron chi connectivity index (χ4n) is 2.46. The van der Waals surface area contributed by atoms with E-state index in [4.69, 9.17) is 4.74 Å². The van der Waals surface area contributed by atoms with Gasteiger partial charge in [-0.3, -0.25) is 4.98 Å². The number of aliphatic hydroxyl groups is 1. The Labute approximate surface area is 96.5 Å². The van der Waals surface area contributed by atoms with E-state index in [2.05, 4.69) is 11.1 Å². The predicted molar refractivity (Wildman–Crippen MR) is 62.4 cm³/mol. The van der Waals surface area contributed by atoms with E-state index < -0.39 is 6.10 Å². The van der Waals surface area contributed by atoms with E-state index in [1.54, 1.807) is 6.20 Å². The van der Waals surface area contributed by atoms with Crippen LogP contribution in [0.2, 0.25) is 0 Å². The molecule has 3 unspecified atom stereocenters. The maximum absolute atomic E-state index is 10.2. The summed E-state index contributed by atoms with van der Waals surface area (Å²) in [5.74, 6) is 0.137. The van der Waals surface area contributed by atoms with Gasteiger partial charge in [0.05, 0.1) is 12.2 Å². The highest BCUT2D eigenvalue weighted by Gasteiger charge is 2.32. The number of aromatic nitrogens is 1. The minimum atomic E-state index is -0.448. The van der Waals surface area contributed by atoms with Crippen LogP contribution in [0.4, 0.5) is 0 Å². The van der Waals surface area contributed by atoms with Crippen LogP contribution in [0, 0.1) is 0 Å². The lowest BCUT2D eigenvalue weighted by atomic mass is 9.96. The molecule has 1 aromatic rings. The number of hydrogen-bond donors (Lipinski definition) is 1. The average molecular weight is 221 g/mol. The summed E-state index contributed by atoms with van der Waals surface area (Å²) >= 11 is 0. The molecule has 2 rings (SSSR count). The second-order valence-electron chi connectivity index (χ2n) is 4.34. The number of nitrogens with zero attached hydrogens (tertiary/aromatic N) is 1. The Bertz CT molecular complexity index is 354. The van der Waals surface area contributed by atoms with Crippen LogP contribution in [0.25, 0.3) is 0 Å². The molecule has 3 atom stereocenters. The molecule has 1 heterocycles. The van der Waals surface area contributed by atoms with Crippen LogP contribution in [0.5, 0.6) is 0 Å². The van der Waals surface area contributed by atoms with Crippen molar-refractivity contribution >= 4 is 0 Å². The summed E-state index contributed by atoms with van der Waals surface area (Å²) in [6.45, 7) is 4.51. The molecule has 0 radical (unpaired) electrons. The van der Waals surface area contributed by atoms with E-state index in [0.717, 1.165) is 18.5 Å². The lowest BCUT2D eigenvalue weighted by Crippen LogP contribution is -2.31. The lowest BCUT2D eigenvalue weighted by Gasteiger charge is -2.24. The van der Waals surface area contributed by atoms with E-state index in [9.17, 15) is 5.11 Å². The van der Waals surface area contributed by atoms with Crippen LogP contribution in [0.15, 0.2) is 18.3 Å². The third-order valence-electron chi connectivity index (χ3n) is 3.32. The number of ether oxygens (including phenoxy) is 1. The molecule has 1 N–H and O–H groups in total. The van der Waals surface area contributed by atoms with Crippen LogP contribution in [-0.2, 0) is 11.2 Å². The quantitative estimate of drug-likeness (QED) is 0.844. The summed E-state index contributed by atoms with van der Waals surface area (Å²) in [6.07, 6.45) is 3.23. The van der Waals surface area contributed by atoms with Crippen molar-refractivity contribution in [3.63, 3.8) is 0 Å². The maximum Gasteiger partial charge on any atom is 0.0882 e. The van der Waals surface area contributed by atoms with E-state index in [1.165, 1.54) is 5.56 Å². The molecular formula is C13H19NO2. The molecule has 0 fully saturated rings. The Morgan fingerprint density at radius 1 is 1.62 bits per heavy atom. The molecule has 3 nitrogen and oxygen atoms in total. The maximum atomic E-state index is 10.2. The second kappa shape index (κ2) is 4.93.